The lowest BCUT2D eigenvalue weighted by Gasteiger charge is -2.59. The Bertz CT molecular complexity index is 643. The molecule has 7 atom stereocenters. The highest BCUT2D eigenvalue weighted by Crippen LogP contribution is 2.65. The zero-order valence-corrected chi connectivity index (χ0v) is 16.5. The minimum atomic E-state index is -0.159. The van der Waals surface area contributed by atoms with Crippen LogP contribution in [0.1, 0.15) is 72.1 Å². The molecule has 4 aliphatic carbocycles. The quantitative estimate of drug-likeness (QED) is 0.820. The van der Waals surface area contributed by atoms with Crippen LogP contribution in [0.2, 0.25) is 0 Å². The summed E-state index contributed by atoms with van der Waals surface area (Å²) in [5.74, 6) is 2.91. The van der Waals surface area contributed by atoms with Crippen LogP contribution >= 0.6 is 0 Å². The summed E-state index contributed by atoms with van der Waals surface area (Å²) in [7, 11) is 0. The minimum Gasteiger partial charge on any atom is -0.356 e. The van der Waals surface area contributed by atoms with Gasteiger partial charge in [0.1, 0.15) is 11.6 Å². The van der Waals surface area contributed by atoms with Crippen LogP contribution in [0.5, 0.6) is 0 Å². The van der Waals surface area contributed by atoms with Gasteiger partial charge in [0, 0.05) is 37.6 Å². The molecule has 0 aromatic heterocycles. The van der Waals surface area contributed by atoms with E-state index in [0.717, 1.165) is 44.9 Å². The van der Waals surface area contributed by atoms with E-state index >= 15 is 0 Å². The van der Waals surface area contributed by atoms with Crippen LogP contribution in [-0.4, -0.2) is 24.0 Å². The molecule has 0 saturated heterocycles. The number of rotatable bonds is 2. The Kier molecular flexibility index (Phi) is 4.32. The standard InChI is InChI=1S/C22H33NO3/c1-13(24)23-12-14-6-8-21(2)17-7-9-22(3)16(4-5-20(22)26)15(17)11-19(25)18(21)10-14/h14-18H,4-12H2,1-3H3,(H,23,24)/t14?,15-,16-,17-,18?,21+,22-/m0/s1. The van der Waals surface area contributed by atoms with Crippen LogP contribution < -0.4 is 5.32 Å². The number of nitrogens with one attached hydrogen (secondary N) is 1. The van der Waals surface area contributed by atoms with Crippen molar-refractivity contribution in [1.82, 2.24) is 5.32 Å². The number of carbonyl (C=O) groups is 3. The summed E-state index contributed by atoms with van der Waals surface area (Å²) in [4.78, 5) is 36.9. The number of hydrogen-bond acceptors (Lipinski definition) is 3. The van der Waals surface area contributed by atoms with Gasteiger partial charge < -0.3 is 5.32 Å². The first-order chi connectivity index (χ1) is 12.3. The Balaban J connectivity index is 1.55. The molecule has 26 heavy (non-hydrogen) atoms. The topological polar surface area (TPSA) is 63.2 Å². The lowest BCUT2D eigenvalue weighted by atomic mass is 9.44. The molecule has 4 fully saturated rings. The Morgan fingerprint density at radius 2 is 1.88 bits per heavy atom. The second kappa shape index (κ2) is 6.17. The lowest BCUT2D eigenvalue weighted by Crippen LogP contribution is -2.57. The van der Waals surface area contributed by atoms with Crippen molar-refractivity contribution in [3.8, 4) is 0 Å². The average Bonchev–Trinajstić information content (AvgIpc) is 2.89. The predicted octanol–water partition coefficient (Wildman–Crippen LogP) is 3.53. The van der Waals surface area contributed by atoms with E-state index < -0.39 is 0 Å². The maximum Gasteiger partial charge on any atom is 0.216 e. The molecule has 4 rings (SSSR count). The normalized spacial score (nSPS) is 47.7. The van der Waals surface area contributed by atoms with Gasteiger partial charge in [0.05, 0.1) is 0 Å². The van der Waals surface area contributed by atoms with Gasteiger partial charge in [-0.15, -0.1) is 0 Å². The summed E-state index contributed by atoms with van der Waals surface area (Å²) < 4.78 is 0. The highest BCUT2D eigenvalue weighted by Gasteiger charge is 2.62. The van der Waals surface area contributed by atoms with E-state index in [1.54, 1.807) is 6.92 Å². The molecule has 0 aromatic carbocycles. The van der Waals surface area contributed by atoms with Gasteiger partial charge >= 0.3 is 0 Å². The highest BCUT2D eigenvalue weighted by atomic mass is 16.1. The van der Waals surface area contributed by atoms with E-state index in [0.29, 0.717) is 48.2 Å². The fourth-order valence-electron chi connectivity index (χ4n) is 7.36. The zero-order valence-electron chi connectivity index (χ0n) is 16.5. The van der Waals surface area contributed by atoms with Crippen molar-refractivity contribution in [2.75, 3.05) is 6.54 Å². The van der Waals surface area contributed by atoms with Gasteiger partial charge in [-0.1, -0.05) is 13.8 Å². The van der Waals surface area contributed by atoms with Crippen LogP contribution in [-0.2, 0) is 14.4 Å². The molecular formula is C22H33NO3. The van der Waals surface area contributed by atoms with Crippen LogP contribution in [0.15, 0.2) is 0 Å². The summed E-state index contributed by atoms with van der Waals surface area (Å²) in [6.07, 6.45) is 7.65. The van der Waals surface area contributed by atoms with Gasteiger partial charge in [0.2, 0.25) is 5.91 Å². The third-order valence-electron chi connectivity index (χ3n) is 8.91. The molecular weight excluding hydrogens is 326 g/mol. The Labute approximate surface area is 156 Å². The molecule has 1 N–H and O–H groups in total. The molecule has 0 heterocycles. The van der Waals surface area contributed by atoms with Crippen molar-refractivity contribution in [1.29, 1.82) is 0 Å². The molecule has 0 aromatic rings. The molecule has 4 heteroatoms. The molecule has 144 valence electrons. The van der Waals surface area contributed by atoms with Crippen LogP contribution in [0, 0.1) is 40.4 Å². The predicted molar refractivity (Wildman–Crippen MR) is 99.3 cm³/mol. The van der Waals surface area contributed by atoms with Crippen molar-refractivity contribution in [2.45, 2.75) is 72.1 Å². The molecule has 0 aliphatic heterocycles. The molecule has 2 unspecified atom stereocenters. The van der Waals surface area contributed by atoms with E-state index in [4.69, 9.17) is 0 Å². The Hall–Kier alpha value is -1.19. The number of Topliss-reactive ketones (excluding diaryl/α,β-unsaturated/α-hetero) is 2. The largest absolute Gasteiger partial charge is 0.356 e. The van der Waals surface area contributed by atoms with E-state index in [2.05, 4.69) is 19.2 Å². The summed E-state index contributed by atoms with van der Waals surface area (Å²) in [6.45, 7) is 6.80. The number of ketones is 2. The number of carbonyl (C=O) groups excluding carboxylic acids is 3. The maximum atomic E-state index is 13.2. The summed E-state index contributed by atoms with van der Waals surface area (Å²) in [5.41, 5.74) is -0.0626. The fourth-order valence-corrected chi connectivity index (χ4v) is 7.36. The monoisotopic (exact) mass is 359 g/mol. The second-order valence-corrected chi connectivity index (χ2v) is 10.1. The lowest BCUT2D eigenvalue weighted by molar-refractivity contribution is -0.157. The van der Waals surface area contributed by atoms with Crippen molar-refractivity contribution >= 4 is 17.5 Å². The van der Waals surface area contributed by atoms with Gasteiger partial charge in [-0.25, -0.2) is 0 Å². The van der Waals surface area contributed by atoms with E-state index in [-0.39, 0.29) is 22.7 Å². The van der Waals surface area contributed by atoms with Crippen LogP contribution in [0.3, 0.4) is 0 Å². The number of amides is 1. The zero-order chi connectivity index (χ0) is 18.7. The van der Waals surface area contributed by atoms with Crippen molar-refractivity contribution in [2.24, 2.45) is 40.4 Å². The van der Waals surface area contributed by atoms with E-state index in [1.165, 1.54) is 0 Å². The molecule has 4 saturated carbocycles. The maximum absolute atomic E-state index is 13.2. The van der Waals surface area contributed by atoms with E-state index in [9.17, 15) is 14.4 Å². The van der Waals surface area contributed by atoms with E-state index in [1.807, 2.05) is 0 Å². The number of fused-ring (bicyclic) bond motifs is 5. The van der Waals surface area contributed by atoms with Crippen molar-refractivity contribution in [3.05, 3.63) is 0 Å². The van der Waals surface area contributed by atoms with Crippen molar-refractivity contribution in [3.63, 3.8) is 0 Å². The third kappa shape index (κ3) is 2.58. The average molecular weight is 360 g/mol. The first-order valence-electron chi connectivity index (χ1n) is 10.6. The first kappa shape index (κ1) is 18.2. The summed E-state index contributed by atoms with van der Waals surface area (Å²) >= 11 is 0. The molecule has 0 bridgehead atoms. The third-order valence-corrected chi connectivity index (χ3v) is 8.91. The summed E-state index contributed by atoms with van der Waals surface area (Å²) in [5, 5.41) is 2.95. The summed E-state index contributed by atoms with van der Waals surface area (Å²) in [6, 6.07) is 0. The van der Waals surface area contributed by atoms with Crippen LogP contribution in [0.25, 0.3) is 0 Å². The van der Waals surface area contributed by atoms with Gasteiger partial charge in [0.15, 0.2) is 0 Å². The highest BCUT2D eigenvalue weighted by molar-refractivity contribution is 5.88. The molecule has 4 nitrogen and oxygen atoms in total. The first-order valence-corrected chi connectivity index (χ1v) is 10.6. The Morgan fingerprint density at radius 3 is 2.62 bits per heavy atom. The number of hydrogen-bond donors (Lipinski definition) is 1. The molecule has 1 amide bonds. The van der Waals surface area contributed by atoms with Crippen LogP contribution in [0.4, 0.5) is 0 Å². The van der Waals surface area contributed by atoms with Gasteiger partial charge in [-0.2, -0.15) is 0 Å². The fraction of sp³-hybridized carbons (Fsp3) is 0.864. The SMILES string of the molecule is CC(=O)NCC1CC[C@@]2(C)C(C1)C(=O)C[C@@H]1[C@@H]2CC[C@]2(C)C(=O)CC[C@@H]12. The van der Waals surface area contributed by atoms with Gasteiger partial charge in [-0.3, -0.25) is 14.4 Å². The van der Waals surface area contributed by atoms with Gasteiger partial charge in [0.25, 0.3) is 0 Å². The second-order valence-electron chi connectivity index (χ2n) is 10.1. The minimum absolute atomic E-state index is 0.0193. The molecule has 0 spiro atoms. The smallest absolute Gasteiger partial charge is 0.216 e. The Morgan fingerprint density at radius 1 is 1.12 bits per heavy atom. The molecule has 0 radical (unpaired) electrons. The van der Waals surface area contributed by atoms with Gasteiger partial charge in [-0.05, 0) is 67.6 Å². The molecule has 4 aliphatic rings. The van der Waals surface area contributed by atoms with Crippen molar-refractivity contribution < 1.29 is 14.4 Å².